The predicted molar refractivity (Wildman–Crippen MR) is 133 cm³/mol. The zero-order valence-electron chi connectivity index (χ0n) is 20.4. The van der Waals surface area contributed by atoms with Gasteiger partial charge in [-0.15, -0.1) is 0 Å². The van der Waals surface area contributed by atoms with Crippen LogP contribution in [0.4, 0.5) is 5.82 Å². The Kier molecular flexibility index (Phi) is 6.82. The molecule has 1 saturated heterocycles. The fourth-order valence-electron chi connectivity index (χ4n) is 4.67. The van der Waals surface area contributed by atoms with Crippen molar-refractivity contribution >= 4 is 16.9 Å². The maximum Gasteiger partial charge on any atom is 0.135 e. The molecule has 1 fully saturated rings. The summed E-state index contributed by atoms with van der Waals surface area (Å²) in [6, 6.07) is 7.02. The topological polar surface area (TPSA) is 55.2 Å². The highest BCUT2D eigenvalue weighted by atomic mass is 16.5. The summed E-state index contributed by atoms with van der Waals surface area (Å²) in [5.74, 6) is 1.28. The molecule has 1 N–H and O–H groups in total. The molecule has 0 aromatic carbocycles. The average Bonchev–Trinajstić information content (AvgIpc) is 3.12. The monoisotopic (exact) mass is 435 g/mol. The second kappa shape index (κ2) is 9.59. The SMILES string of the molecule is CCC(CN1CCOCC1)n1cc(C)c2nc(-c3ccc(C(C)C)nc3NC)c(C)cc21. The van der Waals surface area contributed by atoms with Crippen molar-refractivity contribution in [2.24, 2.45) is 0 Å². The summed E-state index contributed by atoms with van der Waals surface area (Å²) in [5, 5.41) is 3.29. The standard InChI is InChI=1S/C26H37N5O/c1-7-20(16-30-10-12-32-13-11-30)31-15-19(5)25-23(31)14-18(4)24(29-25)21-8-9-22(17(2)3)28-26(21)27-6/h8-9,14-15,17,20H,7,10-13,16H2,1-6H3,(H,27,28). The molecule has 6 heteroatoms. The number of nitrogens with zero attached hydrogens (tertiary/aromatic N) is 4. The van der Waals surface area contributed by atoms with Gasteiger partial charge in [-0.1, -0.05) is 20.8 Å². The van der Waals surface area contributed by atoms with Gasteiger partial charge in [0.15, 0.2) is 0 Å². The molecule has 0 radical (unpaired) electrons. The Labute approximate surface area is 192 Å². The quantitative estimate of drug-likeness (QED) is 0.555. The van der Waals surface area contributed by atoms with E-state index in [-0.39, 0.29) is 0 Å². The van der Waals surface area contributed by atoms with Gasteiger partial charge >= 0.3 is 0 Å². The Morgan fingerprint density at radius 2 is 1.84 bits per heavy atom. The number of morpholine rings is 1. The van der Waals surface area contributed by atoms with Gasteiger partial charge in [-0.2, -0.15) is 0 Å². The van der Waals surface area contributed by atoms with Crippen molar-refractivity contribution in [2.45, 2.75) is 53.0 Å². The molecule has 3 aromatic rings. The van der Waals surface area contributed by atoms with Crippen LogP contribution in [0.3, 0.4) is 0 Å². The largest absolute Gasteiger partial charge is 0.379 e. The van der Waals surface area contributed by atoms with E-state index in [1.165, 1.54) is 16.6 Å². The summed E-state index contributed by atoms with van der Waals surface area (Å²) < 4.78 is 7.98. The Hall–Kier alpha value is -2.44. The van der Waals surface area contributed by atoms with Crippen LogP contribution in [0.25, 0.3) is 22.3 Å². The molecule has 1 aliphatic rings. The van der Waals surface area contributed by atoms with Crippen LogP contribution in [0.2, 0.25) is 0 Å². The number of nitrogens with one attached hydrogen (secondary N) is 1. The number of hydrogen-bond acceptors (Lipinski definition) is 5. The third kappa shape index (κ3) is 4.39. The molecule has 0 spiro atoms. The molecule has 172 valence electrons. The molecule has 0 saturated carbocycles. The van der Waals surface area contributed by atoms with Crippen molar-refractivity contribution < 1.29 is 4.74 Å². The Morgan fingerprint density at radius 3 is 2.50 bits per heavy atom. The van der Waals surface area contributed by atoms with Crippen LogP contribution in [0, 0.1) is 13.8 Å². The number of anilines is 1. The first kappa shape index (κ1) is 22.7. The first-order valence-corrected chi connectivity index (χ1v) is 11.9. The number of aromatic nitrogens is 3. The second-order valence-corrected chi connectivity index (χ2v) is 9.25. The van der Waals surface area contributed by atoms with Crippen LogP contribution in [0.5, 0.6) is 0 Å². The number of hydrogen-bond donors (Lipinski definition) is 1. The van der Waals surface area contributed by atoms with Crippen LogP contribution in [0.15, 0.2) is 24.4 Å². The molecule has 1 unspecified atom stereocenters. The molecule has 4 heterocycles. The Balaban J connectivity index is 1.74. The van der Waals surface area contributed by atoms with E-state index in [9.17, 15) is 0 Å². The number of rotatable bonds is 7. The molecule has 1 aliphatic heterocycles. The molecule has 0 aliphatic carbocycles. The number of fused-ring (bicyclic) bond motifs is 1. The van der Waals surface area contributed by atoms with E-state index in [1.54, 1.807) is 0 Å². The van der Waals surface area contributed by atoms with E-state index >= 15 is 0 Å². The Morgan fingerprint density at radius 1 is 1.09 bits per heavy atom. The normalized spacial score (nSPS) is 16.1. The fraction of sp³-hybridized carbons (Fsp3) is 0.538. The molecule has 4 rings (SSSR count). The van der Waals surface area contributed by atoms with Gasteiger partial charge in [0, 0.05) is 50.2 Å². The van der Waals surface area contributed by atoms with Crippen molar-refractivity contribution in [3.63, 3.8) is 0 Å². The van der Waals surface area contributed by atoms with E-state index in [0.29, 0.717) is 12.0 Å². The minimum atomic E-state index is 0.390. The molecule has 3 aromatic heterocycles. The van der Waals surface area contributed by atoms with Crippen LogP contribution >= 0.6 is 0 Å². The van der Waals surface area contributed by atoms with Gasteiger partial charge in [0.2, 0.25) is 0 Å². The summed E-state index contributed by atoms with van der Waals surface area (Å²) in [4.78, 5) is 12.6. The molecule has 32 heavy (non-hydrogen) atoms. The van der Waals surface area contributed by atoms with Crippen molar-refractivity contribution in [3.8, 4) is 11.3 Å². The highest BCUT2D eigenvalue weighted by Crippen LogP contribution is 2.34. The van der Waals surface area contributed by atoms with Gasteiger partial charge < -0.3 is 14.6 Å². The van der Waals surface area contributed by atoms with Crippen LogP contribution < -0.4 is 5.32 Å². The van der Waals surface area contributed by atoms with E-state index < -0.39 is 0 Å². The second-order valence-electron chi connectivity index (χ2n) is 9.25. The van der Waals surface area contributed by atoms with Gasteiger partial charge in [0.25, 0.3) is 0 Å². The molecule has 1 atom stereocenters. The lowest BCUT2D eigenvalue weighted by Crippen LogP contribution is -2.39. The lowest BCUT2D eigenvalue weighted by Gasteiger charge is -2.31. The van der Waals surface area contributed by atoms with Crippen molar-refractivity contribution in [2.75, 3.05) is 45.2 Å². The van der Waals surface area contributed by atoms with E-state index in [0.717, 1.165) is 67.6 Å². The maximum atomic E-state index is 5.54. The molecule has 6 nitrogen and oxygen atoms in total. The average molecular weight is 436 g/mol. The number of ether oxygens (including phenoxy) is 1. The lowest BCUT2D eigenvalue weighted by atomic mass is 10.0. The van der Waals surface area contributed by atoms with Gasteiger partial charge in [-0.25, -0.2) is 9.97 Å². The zero-order valence-corrected chi connectivity index (χ0v) is 20.4. The molecule has 0 bridgehead atoms. The van der Waals surface area contributed by atoms with E-state index in [4.69, 9.17) is 14.7 Å². The summed E-state index contributed by atoms with van der Waals surface area (Å²) in [6.45, 7) is 15.7. The van der Waals surface area contributed by atoms with Gasteiger partial charge in [-0.05, 0) is 55.5 Å². The third-order valence-corrected chi connectivity index (χ3v) is 6.61. The van der Waals surface area contributed by atoms with Crippen molar-refractivity contribution in [1.29, 1.82) is 0 Å². The number of aryl methyl sites for hydroxylation is 2. The van der Waals surface area contributed by atoms with Crippen molar-refractivity contribution in [1.82, 2.24) is 19.4 Å². The minimum Gasteiger partial charge on any atom is -0.379 e. The predicted octanol–water partition coefficient (Wildman–Crippen LogP) is 5.16. The summed E-state index contributed by atoms with van der Waals surface area (Å²) in [7, 11) is 1.93. The van der Waals surface area contributed by atoms with Crippen LogP contribution in [-0.2, 0) is 4.74 Å². The fourth-order valence-corrected chi connectivity index (χ4v) is 4.67. The highest BCUT2D eigenvalue weighted by molar-refractivity contribution is 5.86. The Bertz CT molecular complexity index is 1080. The van der Waals surface area contributed by atoms with Crippen LogP contribution in [0.1, 0.15) is 56.0 Å². The third-order valence-electron chi connectivity index (χ3n) is 6.61. The number of pyridine rings is 2. The first-order chi connectivity index (χ1) is 15.4. The van der Waals surface area contributed by atoms with E-state index in [1.807, 2.05) is 7.05 Å². The lowest BCUT2D eigenvalue weighted by molar-refractivity contribution is 0.0315. The first-order valence-electron chi connectivity index (χ1n) is 11.9. The molecular weight excluding hydrogens is 398 g/mol. The minimum absolute atomic E-state index is 0.390. The maximum absolute atomic E-state index is 5.54. The van der Waals surface area contributed by atoms with Gasteiger partial charge in [0.05, 0.1) is 29.9 Å². The highest BCUT2D eigenvalue weighted by Gasteiger charge is 2.21. The summed E-state index contributed by atoms with van der Waals surface area (Å²) in [5.41, 5.74) is 7.86. The van der Waals surface area contributed by atoms with Crippen molar-refractivity contribution in [3.05, 3.63) is 41.2 Å². The zero-order chi connectivity index (χ0) is 22.8. The summed E-state index contributed by atoms with van der Waals surface area (Å²) >= 11 is 0. The van der Waals surface area contributed by atoms with Crippen LogP contribution in [-0.4, -0.2) is 59.3 Å². The molecule has 0 amide bonds. The molecular formula is C26H37N5O. The van der Waals surface area contributed by atoms with Gasteiger partial charge in [0.1, 0.15) is 5.82 Å². The van der Waals surface area contributed by atoms with E-state index in [2.05, 4.69) is 73.8 Å². The summed E-state index contributed by atoms with van der Waals surface area (Å²) in [6.07, 6.45) is 3.38. The smallest absolute Gasteiger partial charge is 0.135 e. The van der Waals surface area contributed by atoms with Gasteiger partial charge in [-0.3, -0.25) is 4.90 Å².